The highest BCUT2D eigenvalue weighted by Gasteiger charge is 2.08. The molecule has 68 valence electrons. The van der Waals surface area contributed by atoms with Gasteiger partial charge in [-0.3, -0.25) is 0 Å². The SMILES string of the molecule is Cc1c(O)cc(CO)c2ccsc12. The Balaban J connectivity index is 2.87. The van der Waals surface area contributed by atoms with Gasteiger partial charge in [-0.2, -0.15) is 0 Å². The molecule has 13 heavy (non-hydrogen) atoms. The van der Waals surface area contributed by atoms with E-state index in [2.05, 4.69) is 0 Å². The van der Waals surface area contributed by atoms with Crippen LogP contribution in [0, 0.1) is 6.92 Å². The van der Waals surface area contributed by atoms with Crippen molar-refractivity contribution in [2.75, 3.05) is 0 Å². The third-order valence-corrected chi connectivity index (χ3v) is 3.25. The lowest BCUT2D eigenvalue weighted by atomic mass is 10.1. The molecule has 0 aliphatic carbocycles. The highest BCUT2D eigenvalue weighted by Crippen LogP contribution is 2.33. The molecule has 0 fully saturated rings. The summed E-state index contributed by atoms with van der Waals surface area (Å²) in [6.07, 6.45) is 0. The fourth-order valence-corrected chi connectivity index (χ4v) is 2.40. The van der Waals surface area contributed by atoms with Crippen LogP contribution in [0.3, 0.4) is 0 Å². The molecule has 0 aliphatic rings. The van der Waals surface area contributed by atoms with Crippen molar-refractivity contribution < 1.29 is 10.2 Å². The topological polar surface area (TPSA) is 40.5 Å². The number of hydrogen-bond acceptors (Lipinski definition) is 3. The predicted molar refractivity (Wildman–Crippen MR) is 54.1 cm³/mol. The van der Waals surface area contributed by atoms with E-state index in [0.717, 1.165) is 21.2 Å². The molecule has 2 rings (SSSR count). The lowest BCUT2D eigenvalue weighted by Gasteiger charge is -2.04. The summed E-state index contributed by atoms with van der Waals surface area (Å²) in [4.78, 5) is 0. The van der Waals surface area contributed by atoms with Gasteiger partial charge in [0, 0.05) is 10.3 Å². The second kappa shape index (κ2) is 3.01. The average Bonchev–Trinajstić information content (AvgIpc) is 2.60. The van der Waals surface area contributed by atoms with Crippen molar-refractivity contribution in [3.8, 4) is 5.75 Å². The van der Waals surface area contributed by atoms with E-state index in [9.17, 15) is 5.11 Å². The maximum atomic E-state index is 9.54. The van der Waals surface area contributed by atoms with Gasteiger partial charge in [0.2, 0.25) is 0 Å². The minimum Gasteiger partial charge on any atom is -0.508 e. The molecule has 0 unspecified atom stereocenters. The van der Waals surface area contributed by atoms with Crippen LogP contribution in [0.2, 0.25) is 0 Å². The Hall–Kier alpha value is -1.06. The molecule has 0 bridgehead atoms. The van der Waals surface area contributed by atoms with Crippen LogP contribution in [0.4, 0.5) is 0 Å². The molecule has 2 N–H and O–H groups in total. The second-order valence-corrected chi connectivity index (χ2v) is 3.92. The highest BCUT2D eigenvalue weighted by molar-refractivity contribution is 7.17. The van der Waals surface area contributed by atoms with Crippen LogP contribution in [0.15, 0.2) is 17.5 Å². The lowest BCUT2D eigenvalue weighted by molar-refractivity contribution is 0.282. The van der Waals surface area contributed by atoms with E-state index in [1.165, 1.54) is 0 Å². The third kappa shape index (κ3) is 1.20. The molecule has 1 aromatic carbocycles. The number of phenolic OH excluding ortho intramolecular Hbond substituents is 1. The van der Waals surface area contributed by atoms with Gasteiger partial charge in [0.05, 0.1) is 6.61 Å². The Bertz CT molecular complexity index is 445. The van der Waals surface area contributed by atoms with Crippen LogP contribution in [0.5, 0.6) is 5.75 Å². The number of benzene rings is 1. The Morgan fingerprint density at radius 1 is 1.46 bits per heavy atom. The fourth-order valence-electron chi connectivity index (χ4n) is 1.45. The van der Waals surface area contributed by atoms with E-state index >= 15 is 0 Å². The van der Waals surface area contributed by atoms with Gasteiger partial charge in [0.25, 0.3) is 0 Å². The summed E-state index contributed by atoms with van der Waals surface area (Å²) in [5, 5.41) is 21.6. The van der Waals surface area contributed by atoms with Crippen LogP contribution in [-0.2, 0) is 6.61 Å². The molecule has 0 radical (unpaired) electrons. The third-order valence-electron chi connectivity index (χ3n) is 2.22. The predicted octanol–water partition coefficient (Wildman–Crippen LogP) is 2.41. The van der Waals surface area contributed by atoms with Crippen molar-refractivity contribution in [3.05, 3.63) is 28.6 Å². The molecule has 1 heterocycles. The molecule has 0 saturated carbocycles. The summed E-state index contributed by atoms with van der Waals surface area (Å²) in [5.74, 6) is 0.263. The molecule has 0 amide bonds. The zero-order chi connectivity index (χ0) is 9.42. The molecule has 0 spiro atoms. The molecule has 2 aromatic rings. The van der Waals surface area contributed by atoms with Gasteiger partial charge in [-0.15, -0.1) is 11.3 Å². The van der Waals surface area contributed by atoms with Crippen LogP contribution in [0.25, 0.3) is 10.1 Å². The Kier molecular flexibility index (Phi) is 1.98. The Morgan fingerprint density at radius 3 is 2.92 bits per heavy atom. The van der Waals surface area contributed by atoms with E-state index in [1.54, 1.807) is 17.4 Å². The van der Waals surface area contributed by atoms with Gasteiger partial charge in [-0.25, -0.2) is 0 Å². The first kappa shape index (κ1) is 8.53. The minimum atomic E-state index is -0.0267. The molecule has 0 aliphatic heterocycles. The number of rotatable bonds is 1. The maximum Gasteiger partial charge on any atom is 0.120 e. The van der Waals surface area contributed by atoms with Crippen molar-refractivity contribution in [2.24, 2.45) is 0 Å². The second-order valence-electron chi connectivity index (χ2n) is 3.00. The molecule has 0 saturated heterocycles. The quantitative estimate of drug-likeness (QED) is 0.731. The lowest BCUT2D eigenvalue weighted by Crippen LogP contribution is -1.85. The summed E-state index contributed by atoms with van der Waals surface area (Å²) in [7, 11) is 0. The van der Waals surface area contributed by atoms with Crippen LogP contribution < -0.4 is 0 Å². The van der Waals surface area contributed by atoms with E-state index < -0.39 is 0 Å². The van der Waals surface area contributed by atoms with Gasteiger partial charge >= 0.3 is 0 Å². The van der Waals surface area contributed by atoms with E-state index in [4.69, 9.17) is 5.11 Å². The molecular weight excluding hydrogens is 184 g/mol. The maximum absolute atomic E-state index is 9.54. The molecule has 3 heteroatoms. The molecule has 0 atom stereocenters. The standard InChI is InChI=1S/C10H10O2S/c1-6-9(12)4-7(5-11)8-2-3-13-10(6)8/h2-4,11-12H,5H2,1H3. The summed E-state index contributed by atoms with van der Waals surface area (Å²) < 4.78 is 1.06. The first-order valence-electron chi connectivity index (χ1n) is 4.03. The monoisotopic (exact) mass is 194 g/mol. The smallest absolute Gasteiger partial charge is 0.120 e. The number of hydrogen-bond donors (Lipinski definition) is 2. The van der Waals surface area contributed by atoms with E-state index in [0.29, 0.717) is 0 Å². The van der Waals surface area contributed by atoms with Crippen LogP contribution in [-0.4, -0.2) is 10.2 Å². The molecular formula is C10H10O2S. The minimum absolute atomic E-state index is 0.0267. The normalized spacial score (nSPS) is 10.9. The number of aryl methyl sites for hydroxylation is 1. The Morgan fingerprint density at radius 2 is 2.23 bits per heavy atom. The van der Waals surface area contributed by atoms with Crippen molar-refractivity contribution in [1.29, 1.82) is 0 Å². The molecule has 1 aromatic heterocycles. The fraction of sp³-hybridized carbons (Fsp3) is 0.200. The number of aromatic hydroxyl groups is 1. The number of fused-ring (bicyclic) bond motifs is 1. The van der Waals surface area contributed by atoms with E-state index in [1.807, 2.05) is 18.4 Å². The zero-order valence-corrected chi connectivity index (χ0v) is 8.06. The van der Waals surface area contributed by atoms with Gasteiger partial charge in [0.15, 0.2) is 0 Å². The summed E-state index contributed by atoms with van der Waals surface area (Å²) in [6, 6.07) is 3.60. The summed E-state index contributed by atoms with van der Waals surface area (Å²) in [5.41, 5.74) is 1.68. The van der Waals surface area contributed by atoms with Crippen molar-refractivity contribution in [3.63, 3.8) is 0 Å². The summed E-state index contributed by atoms with van der Waals surface area (Å²) >= 11 is 1.59. The van der Waals surface area contributed by atoms with Gasteiger partial charge < -0.3 is 10.2 Å². The van der Waals surface area contributed by atoms with Crippen molar-refractivity contribution >= 4 is 21.4 Å². The number of aliphatic hydroxyl groups excluding tert-OH is 1. The van der Waals surface area contributed by atoms with Gasteiger partial charge in [-0.05, 0) is 35.4 Å². The zero-order valence-electron chi connectivity index (χ0n) is 7.24. The Labute approximate surface area is 80.1 Å². The first-order chi connectivity index (χ1) is 6.24. The van der Waals surface area contributed by atoms with Crippen molar-refractivity contribution in [1.82, 2.24) is 0 Å². The van der Waals surface area contributed by atoms with Crippen LogP contribution >= 0.6 is 11.3 Å². The first-order valence-corrected chi connectivity index (χ1v) is 4.91. The number of phenols is 1. The highest BCUT2D eigenvalue weighted by atomic mass is 32.1. The number of aliphatic hydroxyl groups is 1. The average molecular weight is 194 g/mol. The van der Waals surface area contributed by atoms with E-state index in [-0.39, 0.29) is 12.4 Å². The number of thiophene rings is 1. The van der Waals surface area contributed by atoms with Gasteiger partial charge in [-0.1, -0.05) is 0 Å². The molecule has 2 nitrogen and oxygen atoms in total. The van der Waals surface area contributed by atoms with Crippen LogP contribution in [0.1, 0.15) is 11.1 Å². The largest absolute Gasteiger partial charge is 0.508 e. The van der Waals surface area contributed by atoms with Crippen molar-refractivity contribution in [2.45, 2.75) is 13.5 Å². The summed E-state index contributed by atoms with van der Waals surface area (Å²) in [6.45, 7) is 1.86. The van der Waals surface area contributed by atoms with Gasteiger partial charge in [0.1, 0.15) is 5.75 Å².